The number of Topliss-reactive ketones (excluding diaryl/α,β-unsaturated/α-hetero) is 1. The van der Waals surface area contributed by atoms with Crippen LogP contribution in [-0.4, -0.2) is 52.2 Å². The minimum atomic E-state index is 0.198. The van der Waals surface area contributed by atoms with Crippen LogP contribution in [0, 0.1) is 6.92 Å². The van der Waals surface area contributed by atoms with E-state index in [0.717, 1.165) is 54.0 Å². The summed E-state index contributed by atoms with van der Waals surface area (Å²) in [4.78, 5) is 17.0. The number of carbonyl (C=O) groups excluding carboxylic acids is 1. The Morgan fingerprint density at radius 3 is 2.70 bits per heavy atom. The predicted molar refractivity (Wildman–Crippen MR) is 128 cm³/mol. The van der Waals surface area contributed by atoms with Crippen molar-refractivity contribution in [1.82, 2.24) is 19.6 Å². The minimum Gasteiger partial charge on any atom is -0.491 e. The van der Waals surface area contributed by atoms with E-state index in [1.165, 1.54) is 0 Å². The molecule has 8 nitrogen and oxygen atoms in total. The van der Waals surface area contributed by atoms with Gasteiger partial charge in [0.25, 0.3) is 0 Å². The van der Waals surface area contributed by atoms with Gasteiger partial charge in [-0.2, -0.15) is 0 Å². The molecule has 0 unspecified atom stereocenters. The number of nitrogens with zero attached hydrogens (tertiary/aromatic N) is 4. The van der Waals surface area contributed by atoms with E-state index in [4.69, 9.17) is 14.5 Å². The molecule has 4 aromatic rings. The number of nitrogens with one attached hydrogen (secondary N) is 1. The molecular weight excluding hydrogens is 418 g/mol. The average molecular weight is 448 g/mol. The summed E-state index contributed by atoms with van der Waals surface area (Å²) < 4.78 is 12.8. The Morgan fingerprint density at radius 2 is 1.88 bits per heavy atom. The lowest BCUT2D eigenvalue weighted by Crippen LogP contribution is -2.08. The van der Waals surface area contributed by atoms with Gasteiger partial charge in [0.1, 0.15) is 18.2 Å². The first kappa shape index (κ1) is 22.7. The Balaban J connectivity index is 1.38. The van der Waals surface area contributed by atoms with E-state index in [1.807, 2.05) is 59.9 Å². The zero-order valence-corrected chi connectivity index (χ0v) is 19.1. The van der Waals surface area contributed by atoms with Gasteiger partial charge in [-0.3, -0.25) is 9.20 Å². The van der Waals surface area contributed by atoms with Crippen LogP contribution in [0.3, 0.4) is 0 Å². The fraction of sp³-hybridized carbons (Fsp3) is 0.360. The quantitative estimate of drug-likeness (QED) is 0.253. The van der Waals surface area contributed by atoms with Crippen molar-refractivity contribution in [3.63, 3.8) is 0 Å². The van der Waals surface area contributed by atoms with Crippen molar-refractivity contribution >= 4 is 28.3 Å². The fourth-order valence-electron chi connectivity index (χ4n) is 3.77. The maximum absolute atomic E-state index is 12.2. The number of hydrogen-bond acceptors (Lipinski definition) is 7. The highest BCUT2D eigenvalue weighted by atomic mass is 16.5. The van der Waals surface area contributed by atoms with Crippen LogP contribution in [0.25, 0.3) is 16.7 Å². The van der Waals surface area contributed by atoms with Crippen LogP contribution in [0.4, 0.5) is 5.82 Å². The molecule has 0 radical (unpaired) electrons. The van der Waals surface area contributed by atoms with Crippen LogP contribution in [0.5, 0.6) is 5.75 Å². The number of aryl methyl sites for hydroxylation is 1. The topological polar surface area (TPSA) is 90.6 Å². The van der Waals surface area contributed by atoms with Gasteiger partial charge in [-0.05, 0) is 31.9 Å². The van der Waals surface area contributed by atoms with Gasteiger partial charge in [-0.1, -0.05) is 36.8 Å². The second-order valence-electron chi connectivity index (χ2n) is 7.89. The normalized spacial score (nSPS) is 11.2. The highest BCUT2D eigenvalue weighted by molar-refractivity contribution is 5.95. The average Bonchev–Trinajstić information content (AvgIpc) is 3.23. The molecule has 8 heteroatoms. The van der Waals surface area contributed by atoms with E-state index >= 15 is 0 Å². The third-order valence-corrected chi connectivity index (χ3v) is 5.48. The second kappa shape index (κ2) is 10.9. The Hall–Kier alpha value is -3.52. The lowest BCUT2D eigenvalue weighted by Gasteiger charge is -2.11. The molecule has 0 saturated carbocycles. The summed E-state index contributed by atoms with van der Waals surface area (Å²) in [5, 5.41) is 12.0. The predicted octanol–water partition coefficient (Wildman–Crippen LogP) is 4.47. The van der Waals surface area contributed by atoms with Crippen molar-refractivity contribution in [2.75, 3.05) is 32.2 Å². The van der Waals surface area contributed by atoms with Gasteiger partial charge in [0.2, 0.25) is 5.65 Å². The van der Waals surface area contributed by atoms with E-state index in [2.05, 4.69) is 15.5 Å². The molecule has 0 aliphatic rings. The largest absolute Gasteiger partial charge is 0.491 e. The lowest BCUT2D eigenvalue weighted by molar-refractivity contribution is 0.0979. The number of benzene rings is 2. The number of methoxy groups -OCH3 is 1. The number of ether oxygens (including phenoxy) is 2. The van der Waals surface area contributed by atoms with E-state index < -0.39 is 0 Å². The lowest BCUT2D eigenvalue weighted by atomic mass is 10.0. The maximum Gasteiger partial charge on any atom is 0.204 e. The summed E-state index contributed by atoms with van der Waals surface area (Å²) in [6.07, 6.45) is 3.32. The zero-order chi connectivity index (χ0) is 23.0. The first-order valence-electron chi connectivity index (χ1n) is 11.3. The molecule has 2 aromatic heterocycles. The molecule has 1 N–H and O–H groups in total. The van der Waals surface area contributed by atoms with E-state index in [-0.39, 0.29) is 5.78 Å². The first-order valence-corrected chi connectivity index (χ1v) is 11.3. The van der Waals surface area contributed by atoms with Gasteiger partial charge in [-0.15, -0.1) is 10.2 Å². The number of ketones is 1. The minimum absolute atomic E-state index is 0.198. The molecule has 0 aliphatic heterocycles. The summed E-state index contributed by atoms with van der Waals surface area (Å²) in [7, 11) is 1.65. The molecule has 0 atom stereocenters. The Morgan fingerprint density at radius 1 is 1.03 bits per heavy atom. The van der Waals surface area contributed by atoms with Gasteiger partial charge in [0.15, 0.2) is 11.6 Å². The molecule has 0 fully saturated rings. The summed E-state index contributed by atoms with van der Waals surface area (Å²) in [6.45, 7) is 3.67. The number of hydrogen-bond donors (Lipinski definition) is 1. The van der Waals surface area contributed by atoms with Crippen molar-refractivity contribution in [2.45, 2.75) is 32.6 Å². The smallest absolute Gasteiger partial charge is 0.204 e. The molecule has 172 valence electrons. The third kappa shape index (κ3) is 5.46. The summed E-state index contributed by atoms with van der Waals surface area (Å²) in [6, 6.07) is 15.3. The molecule has 0 amide bonds. The van der Waals surface area contributed by atoms with Crippen LogP contribution in [0.1, 0.15) is 41.9 Å². The summed E-state index contributed by atoms with van der Waals surface area (Å²) >= 11 is 0. The van der Waals surface area contributed by atoms with Crippen LogP contribution < -0.4 is 10.1 Å². The molecule has 4 rings (SSSR count). The Labute approximate surface area is 193 Å². The molecule has 0 bridgehead atoms. The number of fused-ring (bicyclic) bond motifs is 3. The zero-order valence-electron chi connectivity index (χ0n) is 19.1. The van der Waals surface area contributed by atoms with Gasteiger partial charge >= 0.3 is 0 Å². The van der Waals surface area contributed by atoms with E-state index in [0.29, 0.717) is 31.1 Å². The van der Waals surface area contributed by atoms with Crippen LogP contribution in [0.15, 0.2) is 48.5 Å². The molecule has 0 saturated heterocycles. The maximum atomic E-state index is 12.2. The summed E-state index contributed by atoms with van der Waals surface area (Å²) in [5.41, 5.74) is 3.21. The van der Waals surface area contributed by atoms with Crippen molar-refractivity contribution in [3.8, 4) is 5.75 Å². The molecule has 33 heavy (non-hydrogen) atoms. The van der Waals surface area contributed by atoms with E-state index in [1.54, 1.807) is 7.11 Å². The number of aromatic nitrogens is 4. The highest BCUT2D eigenvalue weighted by Crippen LogP contribution is 2.25. The van der Waals surface area contributed by atoms with Gasteiger partial charge in [0.05, 0.1) is 17.6 Å². The Bertz CT molecular complexity index is 1220. The Kier molecular flexibility index (Phi) is 7.47. The number of unbranched alkanes of at least 4 members (excludes halogenated alkanes) is 2. The van der Waals surface area contributed by atoms with Crippen LogP contribution >= 0.6 is 0 Å². The molecule has 2 heterocycles. The fourth-order valence-corrected chi connectivity index (χ4v) is 3.77. The van der Waals surface area contributed by atoms with E-state index in [9.17, 15) is 4.79 Å². The molecule has 2 aromatic carbocycles. The van der Waals surface area contributed by atoms with Crippen LogP contribution in [0.2, 0.25) is 0 Å². The number of anilines is 1. The van der Waals surface area contributed by atoms with Crippen molar-refractivity contribution in [1.29, 1.82) is 0 Å². The second-order valence-corrected chi connectivity index (χ2v) is 7.89. The molecular formula is C25H29N5O3. The SMILES string of the molecule is COCCOc1ccc2c(c1)nc(NCCCCCC(=O)c1ccccc1)c1nnc(C)n12. The highest BCUT2D eigenvalue weighted by Gasteiger charge is 2.13. The van der Waals surface area contributed by atoms with Gasteiger partial charge < -0.3 is 14.8 Å². The number of rotatable bonds is 12. The van der Waals surface area contributed by atoms with Gasteiger partial charge in [0, 0.05) is 31.7 Å². The third-order valence-electron chi connectivity index (χ3n) is 5.48. The van der Waals surface area contributed by atoms with Crippen molar-refractivity contribution in [3.05, 3.63) is 59.9 Å². The first-order chi connectivity index (χ1) is 16.2. The molecule has 0 aliphatic carbocycles. The standard InChI is InChI=1S/C25H29N5O3/c1-18-28-29-25-24(26-14-8-4-7-11-23(31)19-9-5-3-6-10-19)27-21-17-20(33-16-15-32-2)12-13-22(21)30(18)25/h3,5-6,9-10,12-13,17H,4,7-8,11,14-16H2,1-2H3,(H,26,27). The number of carbonyl (C=O) groups is 1. The monoisotopic (exact) mass is 447 g/mol. The van der Waals surface area contributed by atoms with Crippen molar-refractivity contribution in [2.24, 2.45) is 0 Å². The molecule has 0 spiro atoms. The summed E-state index contributed by atoms with van der Waals surface area (Å²) in [5.74, 6) is 2.43. The van der Waals surface area contributed by atoms with Crippen LogP contribution in [-0.2, 0) is 4.74 Å². The van der Waals surface area contributed by atoms with Crippen molar-refractivity contribution < 1.29 is 14.3 Å². The van der Waals surface area contributed by atoms with Gasteiger partial charge in [-0.25, -0.2) is 4.98 Å².